The van der Waals surface area contributed by atoms with E-state index in [9.17, 15) is 4.79 Å². The zero-order chi connectivity index (χ0) is 9.97. The third-order valence-electron chi connectivity index (χ3n) is 3.24. The van der Waals surface area contributed by atoms with Crippen molar-refractivity contribution in [2.24, 2.45) is 5.92 Å². The molecule has 3 heteroatoms. The third kappa shape index (κ3) is 2.51. The van der Waals surface area contributed by atoms with Crippen LogP contribution in [0.2, 0.25) is 0 Å². The average molecular weight is 213 g/mol. The van der Waals surface area contributed by atoms with Crippen LogP contribution < -0.4 is 5.32 Å². The van der Waals surface area contributed by atoms with Crippen molar-refractivity contribution in [3.05, 3.63) is 0 Å². The van der Waals surface area contributed by atoms with Crippen LogP contribution in [0.15, 0.2) is 0 Å². The fraction of sp³-hybridized carbons (Fsp3) is 0.909. The van der Waals surface area contributed by atoms with Crippen LogP contribution in [-0.4, -0.2) is 29.4 Å². The molecule has 0 aliphatic carbocycles. The lowest BCUT2D eigenvalue weighted by atomic mass is 9.87. The van der Waals surface area contributed by atoms with Gasteiger partial charge >= 0.3 is 0 Å². The maximum absolute atomic E-state index is 11.5. The van der Waals surface area contributed by atoms with Gasteiger partial charge in [-0.3, -0.25) is 4.79 Å². The highest BCUT2D eigenvalue weighted by atomic mass is 32.2. The van der Waals surface area contributed by atoms with Crippen molar-refractivity contribution in [2.75, 3.05) is 11.5 Å². The first-order valence-corrected chi connectivity index (χ1v) is 6.76. The topological polar surface area (TPSA) is 29.1 Å². The monoisotopic (exact) mass is 213 g/mol. The lowest BCUT2D eigenvalue weighted by Crippen LogP contribution is -2.49. The van der Waals surface area contributed by atoms with E-state index in [2.05, 4.69) is 12.2 Å². The van der Waals surface area contributed by atoms with Gasteiger partial charge in [-0.05, 0) is 37.2 Å². The van der Waals surface area contributed by atoms with Crippen LogP contribution in [0, 0.1) is 5.92 Å². The molecule has 3 atom stereocenters. The van der Waals surface area contributed by atoms with Crippen LogP contribution in [0.1, 0.15) is 32.6 Å². The van der Waals surface area contributed by atoms with Crippen LogP contribution in [-0.2, 0) is 4.79 Å². The lowest BCUT2D eigenvalue weighted by molar-refractivity contribution is -0.121. The summed E-state index contributed by atoms with van der Waals surface area (Å²) in [7, 11) is 0. The van der Waals surface area contributed by atoms with Gasteiger partial charge in [0, 0.05) is 24.9 Å². The SMILES string of the molecule is CC1CC(=O)CC(C2CCCSC2)N1. The minimum atomic E-state index is 0.396. The van der Waals surface area contributed by atoms with Gasteiger partial charge in [-0.25, -0.2) is 0 Å². The molecule has 3 unspecified atom stereocenters. The molecular weight excluding hydrogens is 194 g/mol. The Morgan fingerprint density at radius 2 is 2.29 bits per heavy atom. The Hall–Kier alpha value is -0.0200. The van der Waals surface area contributed by atoms with Crippen LogP contribution >= 0.6 is 11.8 Å². The van der Waals surface area contributed by atoms with Gasteiger partial charge in [0.05, 0.1) is 0 Å². The van der Waals surface area contributed by atoms with Crippen molar-refractivity contribution in [1.29, 1.82) is 0 Å². The normalized spacial score (nSPS) is 39.8. The summed E-state index contributed by atoms with van der Waals surface area (Å²) in [5.74, 6) is 3.75. The number of carbonyl (C=O) groups excluding carboxylic acids is 1. The van der Waals surface area contributed by atoms with Crippen molar-refractivity contribution in [1.82, 2.24) is 5.32 Å². The largest absolute Gasteiger partial charge is 0.310 e. The van der Waals surface area contributed by atoms with E-state index in [4.69, 9.17) is 0 Å². The summed E-state index contributed by atoms with van der Waals surface area (Å²) in [6, 6.07) is 0.868. The average Bonchev–Trinajstić information content (AvgIpc) is 2.18. The summed E-state index contributed by atoms with van der Waals surface area (Å²) in [6.07, 6.45) is 4.15. The Balaban J connectivity index is 1.91. The smallest absolute Gasteiger partial charge is 0.136 e. The van der Waals surface area contributed by atoms with Gasteiger partial charge in [-0.2, -0.15) is 11.8 Å². The van der Waals surface area contributed by atoms with Crippen molar-refractivity contribution in [3.8, 4) is 0 Å². The molecule has 2 fully saturated rings. The molecule has 0 bridgehead atoms. The van der Waals surface area contributed by atoms with Crippen molar-refractivity contribution >= 4 is 17.5 Å². The van der Waals surface area contributed by atoms with Gasteiger partial charge in [0.25, 0.3) is 0 Å². The van der Waals surface area contributed by atoms with Gasteiger partial charge in [0.2, 0.25) is 0 Å². The molecule has 2 nitrogen and oxygen atoms in total. The molecule has 1 N–H and O–H groups in total. The second kappa shape index (κ2) is 4.67. The second-order valence-corrected chi connectivity index (χ2v) is 5.75. The first-order chi connectivity index (χ1) is 6.75. The van der Waals surface area contributed by atoms with E-state index < -0.39 is 0 Å². The Morgan fingerprint density at radius 1 is 1.43 bits per heavy atom. The molecule has 0 aromatic heterocycles. The standard InChI is InChI=1S/C11H19NOS/c1-8-5-10(13)6-11(12-8)9-3-2-4-14-7-9/h8-9,11-12H,2-7H2,1H3. The number of rotatable bonds is 1. The molecule has 2 heterocycles. The molecule has 0 radical (unpaired) electrons. The summed E-state index contributed by atoms with van der Waals surface area (Å²) in [5.41, 5.74) is 0. The number of nitrogens with one attached hydrogen (secondary N) is 1. The first-order valence-electron chi connectivity index (χ1n) is 5.61. The lowest BCUT2D eigenvalue weighted by Gasteiger charge is -2.35. The van der Waals surface area contributed by atoms with E-state index in [1.165, 1.54) is 24.3 Å². The number of thioether (sulfide) groups is 1. The molecule has 0 spiro atoms. The fourth-order valence-electron chi connectivity index (χ4n) is 2.54. The van der Waals surface area contributed by atoms with Crippen LogP contribution in [0.3, 0.4) is 0 Å². The Morgan fingerprint density at radius 3 is 2.93 bits per heavy atom. The van der Waals surface area contributed by atoms with E-state index in [1.54, 1.807) is 0 Å². The number of carbonyl (C=O) groups is 1. The van der Waals surface area contributed by atoms with E-state index in [-0.39, 0.29) is 0 Å². The summed E-state index contributed by atoms with van der Waals surface area (Å²) < 4.78 is 0. The molecule has 0 aromatic rings. The predicted molar refractivity (Wildman–Crippen MR) is 60.7 cm³/mol. The molecule has 2 aliphatic heterocycles. The molecular formula is C11H19NOS. The van der Waals surface area contributed by atoms with Gasteiger partial charge in [0.15, 0.2) is 0 Å². The number of piperidine rings is 1. The Bertz CT molecular complexity index is 213. The van der Waals surface area contributed by atoms with Gasteiger partial charge < -0.3 is 5.32 Å². The predicted octanol–water partition coefficient (Wildman–Crippen LogP) is 1.84. The number of ketones is 1. The quantitative estimate of drug-likeness (QED) is 0.720. The number of Topliss-reactive ketones (excluding diaryl/α,β-unsaturated/α-hetero) is 1. The summed E-state index contributed by atoms with van der Waals surface area (Å²) >= 11 is 2.05. The number of hydrogen-bond acceptors (Lipinski definition) is 3. The van der Waals surface area contributed by atoms with E-state index >= 15 is 0 Å². The highest BCUT2D eigenvalue weighted by Crippen LogP contribution is 2.28. The van der Waals surface area contributed by atoms with Crippen molar-refractivity contribution in [2.45, 2.75) is 44.7 Å². The molecule has 0 aromatic carbocycles. The van der Waals surface area contributed by atoms with E-state index in [0.29, 0.717) is 17.9 Å². The van der Waals surface area contributed by atoms with Gasteiger partial charge in [-0.15, -0.1) is 0 Å². The fourth-order valence-corrected chi connectivity index (χ4v) is 3.78. The third-order valence-corrected chi connectivity index (χ3v) is 4.49. The van der Waals surface area contributed by atoms with Crippen molar-refractivity contribution < 1.29 is 4.79 Å². The molecule has 2 saturated heterocycles. The minimum absolute atomic E-state index is 0.396. The van der Waals surface area contributed by atoms with Crippen LogP contribution in [0.4, 0.5) is 0 Å². The molecule has 2 rings (SSSR count). The van der Waals surface area contributed by atoms with Gasteiger partial charge in [0.1, 0.15) is 5.78 Å². The molecule has 2 aliphatic rings. The summed E-state index contributed by atoms with van der Waals surface area (Å²) in [5, 5.41) is 3.58. The highest BCUT2D eigenvalue weighted by molar-refractivity contribution is 7.99. The zero-order valence-electron chi connectivity index (χ0n) is 8.79. The first kappa shape index (κ1) is 10.5. The molecule has 80 valence electrons. The number of hydrogen-bond donors (Lipinski definition) is 1. The Labute approximate surface area is 90.2 Å². The molecule has 0 amide bonds. The Kier molecular flexibility index (Phi) is 3.50. The van der Waals surface area contributed by atoms with Gasteiger partial charge in [-0.1, -0.05) is 0 Å². The zero-order valence-corrected chi connectivity index (χ0v) is 9.61. The van der Waals surface area contributed by atoms with E-state index in [0.717, 1.165) is 18.8 Å². The van der Waals surface area contributed by atoms with E-state index in [1.807, 2.05) is 11.8 Å². The summed E-state index contributed by atoms with van der Waals surface area (Å²) in [4.78, 5) is 11.5. The minimum Gasteiger partial charge on any atom is -0.310 e. The van der Waals surface area contributed by atoms with Crippen LogP contribution in [0.5, 0.6) is 0 Å². The molecule has 0 saturated carbocycles. The van der Waals surface area contributed by atoms with Crippen LogP contribution in [0.25, 0.3) is 0 Å². The van der Waals surface area contributed by atoms with Crippen molar-refractivity contribution in [3.63, 3.8) is 0 Å². The molecule has 14 heavy (non-hydrogen) atoms. The maximum Gasteiger partial charge on any atom is 0.136 e. The summed E-state index contributed by atoms with van der Waals surface area (Å²) in [6.45, 7) is 2.13. The second-order valence-electron chi connectivity index (χ2n) is 4.60. The maximum atomic E-state index is 11.5. The highest BCUT2D eigenvalue weighted by Gasteiger charge is 2.30.